The number of ether oxygens (including phenoxy) is 1. The van der Waals surface area contributed by atoms with Crippen LogP contribution in [0.25, 0.3) is 11.4 Å². The number of carbonyl (C=O) groups is 1. The lowest BCUT2D eigenvalue weighted by atomic mass is 10.1. The van der Waals surface area contributed by atoms with Crippen molar-refractivity contribution in [2.24, 2.45) is 0 Å². The fourth-order valence-corrected chi connectivity index (χ4v) is 2.29. The number of aromatic nitrogens is 2. The second-order valence-electron chi connectivity index (χ2n) is 5.29. The number of amides is 1. The number of nitrogens with one attached hydrogen (secondary N) is 1. The van der Waals surface area contributed by atoms with Crippen molar-refractivity contribution in [3.8, 4) is 17.1 Å². The highest BCUT2D eigenvalue weighted by atomic mass is 16.5. The van der Waals surface area contributed by atoms with Crippen molar-refractivity contribution >= 4 is 11.6 Å². The number of benzene rings is 2. The summed E-state index contributed by atoms with van der Waals surface area (Å²) < 4.78 is 5.15. The molecule has 120 valence electrons. The van der Waals surface area contributed by atoms with Gasteiger partial charge in [0.25, 0.3) is 5.91 Å². The van der Waals surface area contributed by atoms with Gasteiger partial charge in [-0.25, -0.2) is 9.97 Å². The lowest BCUT2D eigenvalue weighted by molar-refractivity contribution is 0.102. The predicted octanol–water partition coefficient (Wildman–Crippen LogP) is 3.71. The zero-order chi connectivity index (χ0) is 16.9. The van der Waals surface area contributed by atoms with Crippen molar-refractivity contribution in [3.05, 3.63) is 72.1 Å². The van der Waals surface area contributed by atoms with Crippen LogP contribution in [0.5, 0.6) is 5.75 Å². The largest absolute Gasteiger partial charge is 0.497 e. The summed E-state index contributed by atoms with van der Waals surface area (Å²) in [7, 11) is 1.57. The third-order valence-corrected chi connectivity index (χ3v) is 3.51. The maximum absolute atomic E-state index is 12.4. The van der Waals surface area contributed by atoms with Crippen LogP contribution in [0, 0.1) is 6.92 Å². The zero-order valence-corrected chi connectivity index (χ0v) is 13.5. The van der Waals surface area contributed by atoms with Crippen molar-refractivity contribution < 1.29 is 9.53 Å². The summed E-state index contributed by atoms with van der Waals surface area (Å²) in [6.07, 6.45) is 1.72. The minimum atomic E-state index is -0.198. The lowest BCUT2D eigenvalue weighted by Crippen LogP contribution is -2.11. The fourth-order valence-electron chi connectivity index (χ4n) is 2.29. The Labute approximate surface area is 140 Å². The highest BCUT2D eigenvalue weighted by Crippen LogP contribution is 2.20. The third-order valence-electron chi connectivity index (χ3n) is 3.51. The molecule has 0 radical (unpaired) electrons. The van der Waals surface area contributed by atoms with E-state index in [2.05, 4.69) is 15.3 Å². The minimum absolute atomic E-state index is 0.198. The molecule has 0 bridgehead atoms. The Bertz CT molecular complexity index is 878. The van der Waals surface area contributed by atoms with Gasteiger partial charge in [0.1, 0.15) is 5.75 Å². The Morgan fingerprint density at radius 3 is 2.71 bits per heavy atom. The van der Waals surface area contributed by atoms with Gasteiger partial charge >= 0.3 is 0 Å². The molecule has 24 heavy (non-hydrogen) atoms. The SMILES string of the molecule is COc1cccc(C(=O)Nc2cccc(-c3nccc(C)n3)c2)c1. The van der Waals surface area contributed by atoms with Crippen LogP contribution in [0.4, 0.5) is 5.69 Å². The van der Waals surface area contributed by atoms with Gasteiger partial charge in [-0.3, -0.25) is 4.79 Å². The van der Waals surface area contributed by atoms with E-state index in [1.54, 1.807) is 37.6 Å². The normalized spacial score (nSPS) is 10.2. The van der Waals surface area contributed by atoms with Gasteiger partial charge in [-0.2, -0.15) is 0 Å². The molecule has 5 heteroatoms. The second kappa shape index (κ2) is 6.91. The van der Waals surface area contributed by atoms with Crippen LogP contribution in [0.1, 0.15) is 16.1 Å². The molecule has 1 amide bonds. The average Bonchev–Trinajstić information content (AvgIpc) is 2.62. The maximum atomic E-state index is 12.4. The number of aryl methyl sites for hydroxylation is 1. The Morgan fingerprint density at radius 1 is 1.08 bits per heavy atom. The molecule has 0 atom stereocenters. The van der Waals surface area contributed by atoms with Crippen LogP contribution in [-0.2, 0) is 0 Å². The molecule has 0 unspecified atom stereocenters. The predicted molar refractivity (Wildman–Crippen MR) is 93.2 cm³/mol. The molecular formula is C19H17N3O2. The molecule has 0 spiro atoms. The highest BCUT2D eigenvalue weighted by Gasteiger charge is 2.08. The molecule has 0 saturated carbocycles. The second-order valence-corrected chi connectivity index (χ2v) is 5.29. The Kier molecular flexibility index (Phi) is 4.52. The van der Waals surface area contributed by atoms with E-state index in [4.69, 9.17) is 4.74 Å². The smallest absolute Gasteiger partial charge is 0.255 e. The van der Waals surface area contributed by atoms with E-state index in [1.165, 1.54) is 0 Å². The van der Waals surface area contributed by atoms with E-state index in [9.17, 15) is 4.79 Å². The summed E-state index contributed by atoms with van der Waals surface area (Å²) in [4.78, 5) is 21.1. The first-order valence-corrected chi connectivity index (χ1v) is 7.51. The molecule has 0 fully saturated rings. The number of nitrogens with zero attached hydrogens (tertiary/aromatic N) is 2. The van der Waals surface area contributed by atoms with E-state index < -0.39 is 0 Å². The Balaban J connectivity index is 1.83. The molecule has 1 heterocycles. The van der Waals surface area contributed by atoms with Gasteiger partial charge < -0.3 is 10.1 Å². The summed E-state index contributed by atoms with van der Waals surface area (Å²) >= 11 is 0. The summed E-state index contributed by atoms with van der Waals surface area (Å²) in [5.41, 5.74) is 2.96. The monoisotopic (exact) mass is 319 g/mol. The number of carbonyl (C=O) groups excluding carboxylic acids is 1. The van der Waals surface area contributed by atoms with Crippen molar-refractivity contribution in [1.29, 1.82) is 0 Å². The molecular weight excluding hydrogens is 302 g/mol. The zero-order valence-electron chi connectivity index (χ0n) is 13.5. The first kappa shape index (κ1) is 15.7. The first-order chi connectivity index (χ1) is 11.7. The van der Waals surface area contributed by atoms with Crippen LogP contribution < -0.4 is 10.1 Å². The summed E-state index contributed by atoms with van der Waals surface area (Å²) in [5, 5.41) is 2.88. The van der Waals surface area contributed by atoms with Crippen molar-refractivity contribution in [3.63, 3.8) is 0 Å². The van der Waals surface area contributed by atoms with E-state index >= 15 is 0 Å². The van der Waals surface area contributed by atoms with E-state index in [1.807, 2.05) is 37.3 Å². The van der Waals surface area contributed by atoms with Crippen molar-refractivity contribution in [2.45, 2.75) is 6.92 Å². The van der Waals surface area contributed by atoms with Gasteiger partial charge in [0, 0.05) is 28.7 Å². The first-order valence-electron chi connectivity index (χ1n) is 7.51. The van der Waals surface area contributed by atoms with Crippen LogP contribution in [0.15, 0.2) is 60.8 Å². The molecule has 2 aromatic carbocycles. The van der Waals surface area contributed by atoms with Crippen LogP contribution in [-0.4, -0.2) is 23.0 Å². The topological polar surface area (TPSA) is 64.1 Å². The molecule has 3 rings (SSSR count). The van der Waals surface area contributed by atoms with Gasteiger partial charge in [0.15, 0.2) is 5.82 Å². The molecule has 5 nitrogen and oxygen atoms in total. The maximum Gasteiger partial charge on any atom is 0.255 e. The molecule has 1 N–H and O–H groups in total. The highest BCUT2D eigenvalue weighted by molar-refractivity contribution is 6.04. The van der Waals surface area contributed by atoms with E-state index in [0.717, 1.165) is 11.3 Å². The number of hydrogen-bond donors (Lipinski definition) is 1. The van der Waals surface area contributed by atoms with E-state index in [0.29, 0.717) is 22.8 Å². The van der Waals surface area contributed by atoms with Crippen LogP contribution in [0.3, 0.4) is 0 Å². The quantitative estimate of drug-likeness (QED) is 0.796. The van der Waals surface area contributed by atoms with E-state index in [-0.39, 0.29) is 5.91 Å². The molecule has 3 aromatic rings. The molecule has 0 aliphatic heterocycles. The minimum Gasteiger partial charge on any atom is -0.497 e. The van der Waals surface area contributed by atoms with Crippen molar-refractivity contribution in [2.75, 3.05) is 12.4 Å². The van der Waals surface area contributed by atoms with Gasteiger partial charge in [-0.15, -0.1) is 0 Å². The average molecular weight is 319 g/mol. The van der Waals surface area contributed by atoms with Gasteiger partial charge in [-0.1, -0.05) is 18.2 Å². The number of hydrogen-bond acceptors (Lipinski definition) is 4. The van der Waals surface area contributed by atoms with Gasteiger partial charge in [0.2, 0.25) is 0 Å². The van der Waals surface area contributed by atoms with Crippen LogP contribution >= 0.6 is 0 Å². The number of methoxy groups -OCH3 is 1. The summed E-state index contributed by atoms with van der Waals surface area (Å²) in [5.74, 6) is 1.08. The fraction of sp³-hybridized carbons (Fsp3) is 0.105. The van der Waals surface area contributed by atoms with Crippen molar-refractivity contribution in [1.82, 2.24) is 9.97 Å². The molecule has 0 aliphatic carbocycles. The van der Waals surface area contributed by atoms with Gasteiger partial charge in [0.05, 0.1) is 7.11 Å². The molecule has 0 saturated heterocycles. The van der Waals surface area contributed by atoms with Crippen LogP contribution in [0.2, 0.25) is 0 Å². The molecule has 0 aliphatic rings. The van der Waals surface area contributed by atoms with Gasteiger partial charge in [-0.05, 0) is 43.3 Å². The lowest BCUT2D eigenvalue weighted by Gasteiger charge is -2.08. The number of rotatable bonds is 4. The number of anilines is 1. The molecule has 1 aromatic heterocycles. The standard InChI is InChI=1S/C19H17N3O2/c1-13-9-10-20-18(21-13)14-5-3-7-16(11-14)22-19(23)15-6-4-8-17(12-15)24-2/h3-12H,1-2H3,(H,22,23). The summed E-state index contributed by atoms with van der Waals surface area (Å²) in [6.45, 7) is 1.92. The third kappa shape index (κ3) is 3.57. The Morgan fingerprint density at radius 2 is 1.92 bits per heavy atom. The summed E-state index contributed by atoms with van der Waals surface area (Å²) in [6, 6.07) is 16.3. The Hall–Kier alpha value is -3.21.